The summed E-state index contributed by atoms with van der Waals surface area (Å²) in [6, 6.07) is 10.6. The Morgan fingerprint density at radius 3 is 2.67 bits per heavy atom. The van der Waals surface area contributed by atoms with Crippen LogP contribution in [-0.4, -0.2) is 53.6 Å². The summed E-state index contributed by atoms with van der Waals surface area (Å²) < 4.78 is 45.0. The number of carbonyl (C=O) groups is 1. The quantitative estimate of drug-likeness (QED) is 0.763. The standard InChI is InChI=1S/C21H23F3N4O2/c1-15(16-5-3-2-4-6-16)28-12-20(10-19(28)29)11-27(7-8-30-13-20)18-9-17(21(22,23)24)25-14-26-18/h2-6,9,14-15H,7-8,10-13H2,1H3. The molecule has 2 aromatic rings. The first kappa shape index (κ1) is 20.6. The Morgan fingerprint density at radius 2 is 1.93 bits per heavy atom. The molecule has 4 rings (SSSR count). The van der Waals surface area contributed by atoms with Crippen LogP contribution in [0.4, 0.5) is 19.0 Å². The lowest BCUT2D eigenvalue weighted by Gasteiger charge is -2.33. The maximum atomic E-state index is 13.1. The monoisotopic (exact) mass is 420 g/mol. The summed E-state index contributed by atoms with van der Waals surface area (Å²) in [6.07, 6.45) is -3.32. The van der Waals surface area contributed by atoms with E-state index in [0.717, 1.165) is 18.0 Å². The number of hydrogen-bond acceptors (Lipinski definition) is 5. The van der Waals surface area contributed by atoms with Gasteiger partial charge in [-0.05, 0) is 12.5 Å². The van der Waals surface area contributed by atoms with Gasteiger partial charge in [0.1, 0.15) is 17.8 Å². The topological polar surface area (TPSA) is 58.6 Å². The van der Waals surface area contributed by atoms with Gasteiger partial charge < -0.3 is 14.5 Å². The van der Waals surface area contributed by atoms with Crippen LogP contribution >= 0.6 is 0 Å². The second-order valence-corrected chi connectivity index (χ2v) is 8.02. The zero-order valence-electron chi connectivity index (χ0n) is 16.6. The van der Waals surface area contributed by atoms with E-state index in [-0.39, 0.29) is 24.2 Å². The van der Waals surface area contributed by atoms with Crippen molar-refractivity contribution in [2.24, 2.45) is 5.41 Å². The molecule has 0 aliphatic carbocycles. The van der Waals surface area contributed by atoms with Crippen molar-refractivity contribution in [2.45, 2.75) is 25.6 Å². The number of amides is 1. The molecule has 0 bridgehead atoms. The van der Waals surface area contributed by atoms with E-state index in [0.29, 0.717) is 32.8 Å². The highest BCUT2D eigenvalue weighted by Gasteiger charge is 2.47. The average molecular weight is 420 g/mol. The minimum atomic E-state index is -4.54. The predicted molar refractivity (Wildman–Crippen MR) is 104 cm³/mol. The van der Waals surface area contributed by atoms with Gasteiger partial charge in [-0.25, -0.2) is 9.97 Å². The Labute approximate surface area is 172 Å². The molecular weight excluding hydrogens is 397 g/mol. The van der Waals surface area contributed by atoms with Gasteiger partial charge >= 0.3 is 6.18 Å². The third-order valence-electron chi connectivity index (χ3n) is 5.81. The molecule has 0 saturated carbocycles. The fourth-order valence-electron chi connectivity index (χ4n) is 4.26. The van der Waals surface area contributed by atoms with E-state index >= 15 is 0 Å². The number of aromatic nitrogens is 2. The van der Waals surface area contributed by atoms with Gasteiger partial charge in [0.05, 0.1) is 19.3 Å². The Bertz CT molecular complexity index is 909. The molecule has 0 radical (unpaired) electrons. The number of ether oxygens (including phenoxy) is 1. The SMILES string of the molecule is CC(c1ccccc1)N1CC2(COCCN(c3cc(C(F)(F)F)ncn3)C2)CC1=O. The zero-order chi connectivity index (χ0) is 21.4. The van der Waals surface area contributed by atoms with E-state index in [1.165, 1.54) is 0 Å². The molecular formula is C21H23F3N4O2. The minimum Gasteiger partial charge on any atom is -0.379 e. The molecule has 2 saturated heterocycles. The predicted octanol–water partition coefficient (Wildman–Crippen LogP) is 3.31. The van der Waals surface area contributed by atoms with Crippen LogP contribution in [0, 0.1) is 5.41 Å². The van der Waals surface area contributed by atoms with Crippen LogP contribution in [0.25, 0.3) is 0 Å². The first-order valence-corrected chi connectivity index (χ1v) is 9.84. The molecule has 1 spiro atoms. The van der Waals surface area contributed by atoms with Crippen LogP contribution in [0.1, 0.15) is 30.6 Å². The van der Waals surface area contributed by atoms with Gasteiger partial charge in [0.15, 0.2) is 0 Å². The van der Waals surface area contributed by atoms with Crippen molar-refractivity contribution in [3.05, 3.63) is 54.0 Å². The van der Waals surface area contributed by atoms with Crippen molar-refractivity contribution in [2.75, 3.05) is 37.7 Å². The van der Waals surface area contributed by atoms with Crippen molar-refractivity contribution in [3.63, 3.8) is 0 Å². The Balaban J connectivity index is 1.57. The third kappa shape index (κ3) is 4.12. The van der Waals surface area contributed by atoms with Gasteiger partial charge in [-0.3, -0.25) is 4.79 Å². The van der Waals surface area contributed by atoms with Crippen molar-refractivity contribution < 1.29 is 22.7 Å². The van der Waals surface area contributed by atoms with Crippen LogP contribution in [0.15, 0.2) is 42.7 Å². The first-order chi connectivity index (χ1) is 14.3. The summed E-state index contributed by atoms with van der Waals surface area (Å²) in [6.45, 7) is 4.00. The number of alkyl halides is 3. The largest absolute Gasteiger partial charge is 0.433 e. The van der Waals surface area contributed by atoms with E-state index in [1.54, 1.807) is 4.90 Å². The maximum absolute atomic E-state index is 13.1. The fourth-order valence-corrected chi connectivity index (χ4v) is 4.26. The summed E-state index contributed by atoms with van der Waals surface area (Å²) in [5, 5.41) is 0. The van der Waals surface area contributed by atoms with E-state index in [4.69, 9.17) is 4.74 Å². The highest BCUT2D eigenvalue weighted by Crippen LogP contribution is 2.39. The molecule has 3 heterocycles. The maximum Gasteiger partial charge on any atom is 0.433 e. The van der Waals surface area contributed by atoms with Crippen LogP contribution in [0.5, 0.6) is 0 Å². The van der Waals surface area contributed by atoms with Gasteiger partial charge in [-0.2, -0.15) is 13.2 Å². The van der Waals surface area contributed by atoms with Crippen molar-refractivity contribution >= 4 is 11.7 Å². The van der Waals surface area contributed by atoms with Gasteiger partial charge in [0, 0.05) is 37.5 Å². The number of anilines is 1. The van der Waals surface area contributed by atoms with Crippen molar-refractivity contribution in [1.29, 1.82) is 0 Å². The molecule has 2 atom stereocenters. The molecule has 1 amide bonds. The summed E-state index contributed by atoms with van der Waals surface area (Å²) in [7, 11) is 0. The normalized spacial score (nSPS) is 23.7. The molecule has 2 aliphatic heterocycles. The molecule has 2 unspecified atom stereocenters. The van der Waals surface area contributed by atoms with Crippen LogP contribution in [-0.2, 0) is 15.7 Å². The van der Waals surface area contributed by atoms with E-state index in [1.807, 2.05) is 42.2 Å². The molecule has 6 nitrogen and oxygen atoms in total. The van der Waals surface area contributed by atoms with Gasteiger partial charge in [-0.1, -0.05) is 30.3 Å². The number of benzene rings is 1. The minimum absolute atomic E-state index is 0.0236. The summed E-state index contributed by atoms with van der Waals surface area (Å²) in [4.78, 5) is 23.9. The molecule has 0 N–H and O–H groups in total. The third-order valence-corrected chi connectivity index (χ3v) is 5.81. The van der Waals surface area contributed by atoms with Crippen LogP contribution in [0.2, 0.25) is 0 Å². The number of hydrogen-bond donors (Lipinski definition) is 0. The number of halogens is 3. The second-order valence-electron chi connectivity index (χ2n) is 8.02. The zero-order valence-corrected chi connectivity index (χ0v) is 16.6. The van der Waals surface area contributed by atoms with Gasteiger partial charge in [-0.15, -0.1) is 0 Å². The highest BCUT2D eigenvalue weighted by atomic mass is 19.4. The molecule has 9 heteroatoms. The molecule has 2 aliphatic rings. The number of likely N-dealkylation sites (tertiary alicyclic amines) is 1. The lowest BCUT2D eigenvalue weighted by Crippen LogP contribution is -2.41. The van der Waals surface area contributed by atoms with E-state index in [2.05, 4.69) is 9.97 Å². The summed E-state index contributed by atoms with van der Waals surface area (Å²) in [5.74, 6) is 0.222. The smallest absolute Gasteiger partial charge is 0.379 e. The number of carbonyl (C=O) groups excluding carboxylic acids is 1. The average Bonchev–Trinajstić information content (AvgIpc) is 2.91. The van der Waals surface area contributed by atoms with Gasteiger partial charge in [0.2, 0.25) is 5.91 Å². The van der Waals surface area contributed by atoms with Crippen molar-refractivity contribution in [1.82, 2.24) is 14.9 Å². The summed E-state index contributed by atoms with van der Waals surface area (Å²) >= 11 is 0. The molecule has 30 heavy (non-hydrogen) atoms. The van der Waals surface area contributed by atoms with Crippen LogP contribution in [0.3, 0.4) is 0 Å². The molecule has 160 valence electrons. The highest BCUT2D eigenvalue weighted by molar-refractivity contribution is 5.80. The fraction of sp³-hybridized carbons (Fsp3) is 0.476. The van der Waals surface area contributed by atoms with E-state index < -0.39 is 17.3 Å². The lowest BCUT2D eigenvalue weighted by molar-refractivity contribution is -0.141. The second kappa shape index (κ2) is 7.86. The Kier molecular flexibility index (Phi) is 5.40. The van der Waals surface area contributed by atoms with Gasteiger partial charge in [0.25, 0.3) is 0 Å². The Morgan fingerprint density at radius 1 is 1.17 bits per heavy atom. The van der Waals surface area contributed by atoms with Crippen LogP contribution < -0.4 is 4.90 Å². The molecule has 1 aromatic carbocycles. The van der Waals surface area contributed by atoms with E-state index in [9.17, 15) is 18.0 Å². The first-order valence-electron chi connectivity index (χ1n) is 9.84. The molecule has 1 aromatic heterocycles. The van der Waals surface area contributed by atoms with Crippen molar-refractivity contribution in [3.8, 4) is 0 Å². The lowest BCUT2D eigenvalue weighted by atomic mass is 9.87. The number of nitrogens with zero attached hydrogens (tertiary/aromatic N) is 4. The number of rotatable bonds is 3. The summed E-state index contributed by atoms with van der Waals surface area (Å²) in [5.41, 5.74) is -0.437. The molecule has 2 fully saturated rings. The Hall–Kier alpha value is -2.68.